The van der Waals surface area contributed by atoms with Crippen molar-refractivity contribution in [2.45, 2.75) is 38.0 Å². The Kier molecular flexibility index (Phi) is 5.48. The van der Waals surface area contributed by atoms with Gasteiger partial charge < -0.3 is 0 Å². The van der Waals surface area contributed by atoms with Gasteiger partial charge in [-0.1, -0.05) is 43.1 Å². The maximum Gasteiger partial charge on any atom is 0.261 e. The standard InChI is InChI=1S/C17H20ClNO2S/c1-3-4-6-14-9-11-15(12-10-14)22(20,21)19-17-8-5-7-16(18)13(17)2/h5,7-12,19H,3-4,6H2,1-2H3. The highest BCUT2D eigenvalue weighted by molar-refractivity contribution is 7.92. The van der Waals surface area contributed by atoms with Crippen molar-refractivity contribution < 1.29 is 8.42 Å². The minimum atomic E-state index is -3.60. The molecule has 118 valence electrons. The summed E-state index contributed by atoms with van der Waals surface area (Å²) in [5, 5.41) is 0.537. The summed E-state index contributed by atoms with van der Waals surface area (Å²) in [6.45, 7) is 3.92. The first-order chi connectivity index (χ1) is 10.4. The SMILES string of the molecule is CCCCc1ccc(S(=O)(=O)Nc2cccc(Cl)c2C)cc1. The van der Waals surface area contributed by atoms with Crippen LogP contribution in [0.15, 0.2) is 47.4 Å². The van der Waals surface area contributed by atoms with Crippen LogP contribution in [0.4, 0.5) is 5.69 Å². The number of benzene rings is 2. The van der Waals surface area contributed by atoms with E-state index in [0.717, 1.165) is 24.8 Å². The van der Waals surface area contributed by atoms with Gasteiger partial charge in [0.2, 0.25) is 0 Å². The molecule has 3 nitrogen and oxygen atoms in total. The number of anilines is 1. The average Bonchev–Trinajstić information content (AvgIpc) is 2.50. The van der Waals surface area contributed by atoms with E-state index in [9.17, 15) is 8.42 Å². The Balaban J connectivity index is 2.21. The van der Waals surface area contributed by atoms with Gasteiger partial charge in [-0.2, -0.15) is 0 Å². The number of unbranched alkanes of at least 4 members (excludes halogenated alkanes) is 1. The highest BCUT2D eigenvalue weighted by Gasteiger charge is 2.15. The Morgan fingerprint density at radius 1 is 1.09 bits per heavy atom. The van der Waals surface area contributed by atoms with Crippen LogP contribution in [0.2, 0.25) is 5.02 Å². The molecule has 0 saturated carbocycles. The Hall–Kier alpha value is -1.52. The van der Waals surface area contributed by atoms with Gasteiger partial charge in [0.25, 0.3) is 10.0 Å². The molecular weight excluding hydrogens is 318 g/mol. The van der Waals surface area contributed by atoms with Gasteiger partial charge in [-0.15, -0.1) is 0 Å². The normalized spacial score (nSPS) is 11.4. The van der Waals surface area contributed by atoms with Crippen molar-refractivity contribution in [3.63, 3.8) is 0 Å². The molecule has 0 fully saturated rings. The summed E-state index contributed by atoms with van der Waals surface area (Å²) < 4.78 is 27.5. The van der Waals surface area contributed by atoms with E-state index in [-0.39, 0.29) is 4.90 Å². The molecule has 0 amide bonds. The fraction of sp³-hybridized carbons (Fsp3) is 0.294. The molecule has 1 N–H and O–H groups in total. The van der Waals surface area contributed by atoms with Gasteiger partial charge >= 0.3 is 0 Å². The molecular formula is C17H20ClNO2S. The van der Waals surface area contributed by atoms with E-state index in [1.807, 2.05) is 12.1 Å². The number of nitrogens with one attached hydrogen (secondary N) is 1. The summed E-state index contributed by atoms with van der Waals surface area (Å²) in [5.41, 5.74) is 2.37. The third-order valence-corrected chi connectivity index (χ3v) is 5.36. The number of rotatable bonds is 6. The number of halogens is 1. The van der Waals surface area contributed by atoms with Crippen LogP contribution < -0.4 is 4.72 Å². The zero-order chi connectivity index (χ0) is 16.2. The maximum absolute atomic E-state index is 12.4. The van der Waals surface area contributed by atoms with Crippen molar-refractivity contribution in [3.05, 3.63) is 58.6 Å². The molecule has 22 heavy (non-hydrogen) atoms. The van der Waals surface area contributed by atoms with E-state index >= 15 is 0 Å². The van der Waals surface area contributed by atoms with Crippen LogP contribution in [0, 0.1) is 6.92 Å². The van der Waals surface area contributed by atoms with Crippen LogP contribution in [0.5, 0.6) is 0 Å². The Labute approximate surface area is 137 Å². The number of aryl methyl sites for hydroxylation is 1. The van der Waals surface area contributed by atoms with Crippen LogP contribution in [0.3, 0.4) is 0 Å². The van der Waals surface area contributed by atoms with E-state index in [0.29, 0.717) is 16.3 Å². The molecule has 0 aliphatic rings. The lowest BCUT2D eigenvalue weighted by molar-refractivity contribution is 0.601. The second kappa shape index (κ2) is 7.16. The molecule has 0 unspecified atom stereocenters. The number of hydrogen-bond donors (Lipinski definition) is 1. The third kappa shape index (κ3) is 4.02. The molecule has 0 aromatic heterocycles. The summed E-state index contributed by atoms with van der Waals surface area (Å²) >= 11 is 6.02. The molecule has 0 spiro atoms. The van der Waals surface area contributed by atoms with Crippen molar-refractivity contribution in [2.24, 2.45) is 0 Å². The number of hydrogen-bond acceptors (Lipinski definition) is 2. The predicted molar refractivity (Wildman–Crippen MR) is 92.1 cm³/mol. The fourth-order valence-electron chi connectivity index (χ4n) is 2.14. The highest BCUT2D eigenvalue weighted by atomic mass is 35.5. The van der Waals surface area contributed by atoms with E-state index in [4.69, 9.17) is 11.6 Å². The minimum Gasteiger partial charge on any atom is -0.279 e. The first-order valence-electron chi connectivity index (χ1n) is 7.31. The van der Waals surface area contributed by atoms with Crippen LogP contribution in [-0.4, -0.2) is 8.42 Å². The molecule has 0 heterocycles. The largest absolute Gasteiger partial charge is 0.279 e. The molecule has 0 atom stereocenters. The first kappa shape index (κ1) is 16.8. The van der Waals surface area contributed by atoms with Crippen molar-refractivity contribution in [2.75, 3.05) is 4.72 Å². The summed E-state index contributed by atoms with van der Waals surface area (Å²) in [4.78, 5) is 0.257. The molecule has 0 saturated heterocycles. The smallest absolute Gasteiger partial charge is 0.261 e. The second-order valence-electron chi connectivity index (χ2n) is 5.27. The van der Waals surface area contributed by atoms with Crippen molar-refractivity contribution in [3.8, 4) is 0 Å². The Bertz CT molecular complexity index is 740. The first-order valence-corrected chi connectivity index (χ1v) is 9.17. The van der Waals surface area contributed by atoms with E-state index in [1.165, 1.54) is 0 Å². The summed E-state index contributed by atoms with van der Waals surface area (Å²) in [5.74, 6) is 0. The lowest BCUT2D eigenvalue weighted by atomic mass is 10.1. The maximum atomic E-state index is 12.4. The molecule has 2 aromatic rings. The topological polar surface area (TPSA) is 46.2 Å². The van der Waals surface area contributed by atoms with Crippen molar-refractivity contribution in [1.29, 1.82) is 0 Å². The lowest BCUT2D eigenvalue weighted by Crippen LogP contribution is -2.13. The Morgan fingerprint density at radius 3 is 2.41 bits per heavy atom. The van der Waals surface area contributed by atoms with Crippen molar-refractivity contribution >= 4 is 27.3 Å². The Morgan fingerprint density at radius 2 is 1.77 bits per heavy atom. The molecule has 5 heteroatoms. The molecule has 2 aromatic carbocycles. The van der Waals surface area contributed by atoms with Gasteiger partial charge in [0.05, 0.1) is 10.6 Å². The molecule has 0 bridgehead atoms. The average molecular weight is 338 g/mol. The third-order valence-electron chi connectivity index (χ3n) is 3.56. The summed E-state index contributed by atoms with van der Waals surface area (Å²) in [6.07, 6.45) is 3.19. The van der Waals surface area contributed by atoms with Gasteiger partial charge in [0.15, 0.2) is 0 Å². The summed E-state index contributed by atoms with van der Waals surface area (Å²) in [6, 6.07) is 12.2. The zero-order valence-electron chi connectivity index (χ0n) is 12.8. The minimum absolute atomic E-state index is 0.257. The monoisotopic (exact) mass is 337 g/mol. The van der Waals surface area contributed by atoms with Gasteiger partial charge in [0.1, 0.15) is 0 Å². The van der Waals surface area contributed by atoms with Gasteiger partial charge in [-0.3, -0.25) is 4.72 Å². The second-order valence-corrected chi connectivity index (χ2v) is 7.36. The fourth-order valence-corrected chi connectivity index (χ4v) is 3.44. The van der Waals surface area contributed by atoms with Crippen LogP contribution in [0.1, 0.15) is 30.9 Å². The number of sulfonamides is 1. The molecule has 2 rings (SSSR count). The van der Waals surface area contributed by atoms with Crippen LogP contribution in [0.25, 0.3) is 0 Å². The van der Waals surface area contributed by atoms with E-state index in [1.54, 1.807) is 37.3 Å². The highest BCUT2D eigenvalue weighted by Crippen LogP contribution is 2.25. The zero-order valence-corrected chi connectivity index (χ0v) is 14.3. The van der Waals surface area contributed by atoms with Crippen molar-refractivity contribution in [1.82, 2.24) is 0 Å². The predicted octanol–water partition coefficient (Wildman–Crippen LogP) is 4.79. The van der Waals surface area contributed by atoms with Crippen LogP contribution >= 0.6 is 11.6 Å². The lowest BCUT2D eigenvalue weighted by Gasteiger charge is -2.12. The van der Waals surface area contributed by atoms with E-state index in [2.05, 4.69) is 11.6 Å². The van der Waals surface area contributed by atoms with Crippen LogP contribution in [-0.2, 0) is 16.4 Å². The summed E-state index contributed by atoms with van der Waals surface area (Å²) in [7, 11) is -3.60. The molecule has 0 aliphatic carbocycles. The van der Waals surface area contributed by atoms with Gasteiger partial charge in [-0.05, 0) is 55.2 Å². The van der Waals surface area contributed by atoms with Gasteiger partial charge in [-0.25, -0.2) is 8.42 Å². The molecule has 0 radical (unpaired) electrons. The quantitative estimate of drug-likeness (QED) is 0.823. The van der Waals surface area contributed by atoms with E-state index < -0.39 is 10.0 Å². The molecule has 0 aliphatic heterocycles. The van der Waals surface area contributed by atoms with Gasteiger partial charge in [0, 0.05) is 5.02 Å².